The molecule has 3 nitrogen and oxygen atoms in total. The topological polar surface area (TPSA) is 37.3 Å². The lowest BCUT2D eigenvalue weighted by Gasteiger charge is -2.18. The second-order valence-electron chi connectivity index (χ2n) is 6.57. The summed E-state index contributed by atoms with van der Waals surface area (Å²) in [5.74, 6) is 7.35. The van der Waals surface area contributed by atoms with Gasteiger partial charge in [0.2, 0.25) is 0 Å². The summed E-state index contributed by atoms with van der Waals surface area (Å²) in [4.78, 5) is 8.84. The fraction of sp³-hybridized carbons (Fsp3) is 0.182. The third kappa shape index (κ3) is 3.70. The second-order valence-corrected chi connectivity index (χ2v) is 6.57. The first kappa shape index (κ1) is 16.7. The number of benzene rings is 1. The van der Waals surface area contributed by atoms with Gasteiger partial charge in [-0.15, -0.1) is 0 Å². The van der Waals surface area contributed by atoms with E-state index in [4.69, 9.17) is 0 Å². The largest absolute Gasteiger partial charge is 0.363 e. The highest BCUT2D eigenvalue weighted by Gasteiger charge is 2.25. The molecule has 0 saturated heterocycles. The van der Waals surface area contributed by atoms with Crippen LogP contribution in [0.25, 0.3) is 12.2 Å². The molecule has 0 amide bonds. The van der Waals surface area contributed by atoms with Gasteiger partial charge in [0.1, 0.15) is 5.84 Å². The van der Waals surface area contributed by atoms with E-state index in [-0.39, 0.29) is 5.54 Å². The molecule has 0 fully saturated rings. The molecule has 124 valence electrons. The summed E-state index contributed by atoms with van der Waals surface area (Å²) in [7, 11) is 0. The van der Waals surface area contributed by atoms with Crippen LogP contribution < -0.4 is 5.32 Å². The van der Waals surface area contributed by atoms with Crippen molar-refractivity contribution in [3.8, 4) is 11.8 Å². The third-order valence-corrected chi connectivity index (χ3v) is 4.01. The summed E-state index contributed by atoms with van der Waals surface area (Å²) < 4.78 is 0. The molecule has 1 N–H and O–H groups in total. The van der Waals surface area contributed by atoms with Crippen molar-refractivity contribution in [1.82, 2.24) is 10.3 Å². The highest BCUT2D eigenvalue weighted by Crippen LogP contribution is 2.16. The molecule has 0 saturated carbocycles. The van der Waals surface area contributed by atoms with E-state index < -0.39 is 0 Å². The number of hydrogen-bond acceptors (Lipinski definition) is 3. The predicted octanol–water partition coefficient (Wildman–Crippen LogP) is 3.90. The average Bonchev–Trinajstić information content (AvgIpc) is 2.99. The molecule has 0 unspecified atom stereocenters. The fourth-order valence-electron chi connectivity index (χ4n) is 2.67. The van der Waals surface area contributed by atoms with Crippen LogP contribution in [0.1, 0.15) is 41.8 Å². The lowest BCUT2D eigenvalue weighted by atomic mass is 10.1. The normalized spacial score (nSPS) is 14.7. The first-order chi connectivity index (χ1) is 12.0. The highest BCUT2D eigenvalue weighted by molar-refractivity contribution is 6.00. The van der Waals surface area contributed by atoms with Gasteiger partial charge in [-0.3, -0.25) is 9.98 Å². The van der Waals surface area contributed by atoms with Crippen LogP contribution in [0.5, 0.6) is 0 Å². The number of nitrogens with zero attached hydrogens (tertiary/aromatic N) is 2. The fourth-order valence-corrected chi connectivity index (χ4v) is 2.67. The van der Waals surface area contributed by atoms with Crippen molar-refractivity contribution in [3.05, 3.63) is 77.6 Å². The van der Waals surface area contributed by atoms with E-state index in [2.05, 4.69) is 54.1 Å². The standard InChI is InChI=1S/C22H21N3/c1-5-19-17(13-14-23-20(19)6-2)10-7-16-8-11-18(12-9-16)21-24-15-22(3,4)25-21/h5-6,8-9,11-14H,1-2,15H2,3-4H3,(H,24,25). The zero-order valence-electron chi connectivity index (χ0n) is 14.6. The Balaban J connectivity index is 1.83. The van der Waals surface area contributed by atoms with Gasteiger partial charge in [0.05, 0.1) is 17.8 Å². The van der Waals surface area contributed by atoms with Crippen LogP contribution in [0.3, 0.4) is 0 Å². The molecule has 0 radical (unpaired) electrons. The van der Waals surface area contributed by atoms with E-state index in [9.17, 15) is 0 Å². The lowest BCUT2D eigenvalue weighted by Crippen LogP contribution is -2.39. The van der Waals surface area contributed by atoms with Crippen molar-refractivity contribution in [1.29, 1.82) is 0 Å². The zero-order valence-corrected chi connectivity index (χ0v) is 14.6. The van der Waals surface area contributed by atoms with Crippen molar-refractivity contribution < 1.29 is 0 Å². The van der Waals surface area contributed by atoms with Crippen LogP contribution in [0.2, 0.25) is 0 Å². The summed E-state index contributed by atoms with van der Waals surface area (Å²) in [6, 6.07) is 10.0. The van der Waals surface area contributed by atoms with E-state index in [0.717, 1.165) is 40.3 Å². The molecule has 0 bridgehead atoms. The Labute approximate surface area is 149 Å². The van der Waals surface area contributed by atoms with E-state index >= 15 is 0 Å². The monoisotopic (exact) mass is 327 g/mol. The highest BCUT2D eigenvalue weighted by atomic mass is 15.1. The predicted molar refractivity (Wildman–Crippen MR) is 105 cm³/mol. The summed E-state index contributed by atoms with van der Waals surface area (Å²) in [6.45, 7) is 12.7. The summed E-state index contributed by atoms with van der Waals surface area (Å²) in [5.41, 5.74) is 4.67. The molecule has 2 heterocycles. The maximum absolute atomic E-state index is 4.57. The molecule has 25 heavy (non-hydrogen) atoms. The molecule has 0 atom stereocenters. The molecule has 1 aliphatic rings. The molecule has 2 aromatic rings. The van der Waals surface area contributed by atoms with Crippen LogP contribution in [-0.4, -0.2) is 22.9 Å². The first-order valence-electron chi connectivity index (χ1n) is 8.21. The van der Waals surface area contributed by atoms with Gasteiger partial charge < -0.3 is 5.32 Å². The van der Waals surface area contributed by atoms with E-state index in [0.29, 0.717) is 0 Å². The van der Waals surface area contributed by atoms with Crippen LogP contribution in [0.15, 0.2) is 54.7 Å². The summed E-state index contributed by atoms with van der Waals surface area (Å²) in [6.07, 6.45) is 5.22. The molecule has 3 heteroatoms. The second kappa shape index (κ2) is 6.78. The van der Waals surface area contributed by atoms with Gasteiger partial charge in [0.15, 0.2) is 0 Å². The maximum atomic E-state index is 4.57. The lowest BCUT2D eigenvalue weighted by molar-refractivity contribution is 0.506. The minimum Gasteiger partial charge on any atom is -0.363 e. The van der Waals surface area contributed by atoms with Crippen LogP contribution in [0, 0.1) is 11.8 Å². The van der Waals surface area contributed by atoms with Crippen molar-refractivity contribution in [3.63, 3.8) is 0 Å². The van der Waals surface area contributed by atoms with E-state index in [1.807, 2.05) is 30.3 Å². The van der Waals surface area contributed by atoms with Crippen LogP contribution >= 0.6 is 0 Å². The average molecular weight is 327 g/mol. The minimum absolute atomic E-state index is 0.0269. The number of pyridine rings is 1. The Morgan fingerprint density at radius 3 is 2.44 bits per heavy atom. The van der Waals surface area contributed by atoms with Gasteiger partial charge in [0.25, 0.3) is 0 Å². The molecular weight excluding hydrogens is 306 g/mol. The van der Waals surface area contributed by atoms with Gasteiger partial charge in [-0.2, -0.15) is 0 Å². The van der Waals surface area contributed by atoms with E-state index in [1.165, 1.54) is 0 Å². The Morgan fingerprint density at radius 1 is 1.08 bits per heavy atom. The SMILES string of the molecule is C=Cc1nccc(C#Cc2ccc(C3=NCC(C)(C)N3)cc2)c1C=C. The number of rotatable bonds is 3. The van der Waals surface area contributed by atoms with Crippen LogP contribution in [-0.2, 0) is 0 Å². The Hall–Kier alpha value is -3.12. The van der Waals surface area contributed by atoms with Crippen molar-refractivity contribution in [2.24, 2.45) is 4.99 Å². The smallest absolute Gasteiger partial charge is 0.128 e. The number of nitrogens with one attached hydrogen (secondary N) is 1. The number of aliphatic imine (C=N–C) groups is 1. The molecule has 1 aromatic carbocycles. The number of amidine groups is 1. The van der Waals surface area contributed by atoms with Crippen molar-refractivity contribution >= 4 is 18.0 Å². The summed E-state index contributed by atoms with van der Waals surface area (Å²) >= 11 is 0. The van der Waals surface area contributed by atoms with Crippen molar-refractivity contribution in [2.75, 3.05) is 6.54 Å². The number of hydrogen-bond donors (Lipinski definition) is 1. The van der Waals surface area contributed by atoms with Gasteiger partial charge >= 0.3 is 0 Å². The maximum Gasteiger partial charge on any atom is 0.128 e. The van der Waals surface area contributed by atoms with Gasteiger partial charge in [0, 0.05) is 28.5 Å². The van der Waals surface area contributed by atoms with Crippen molar-refractivity contribution in [2.45, 2.75) is 19.4 Å². The van der Waals surface area contributed by atoms with Gasteiger partial charge in [-0.1, -0.05) is 43.2 Å². The Kier molecular flexibility index (Phi) is 4.54. The summed E-state index contributed by atoms with van der Waals surface area (Å²) in [5, 5.41) is 3.44. The van der Waals surface area contributed by atoms with Crippen LogP contribution in [0.4, 0.5) is 0 Å². The molecule has 3 rings (SSSR count). The molecule has 0 aliphatic carbocycles. The van der Waals surface area contributed by atoms with Gasteiger partial charge in [-0.25, -0.2) is 0 Å². The third-order valence-electron chi connectivity index (χ3n) is 4.01. The molecular formula is C22H21N3. The first-order valence-corrected chi connectivity index (χ1v) is 8.21. The Bertz CT molecular complexity index is 907. The minimum atomic E-state index is 0.0269. The molecule has 0 spiro atoms. The Morgan fingerprint density at radius 2 is 1.84 bits per heavy atom. The molecule has 1 aliphatic heterocycles. The quantitative estimate of drug-likeness (QED) is 0.868. The zero-order chi connectivity index (χ0) is 17.9. The van der Waals surface area contributed by atoms with Gasteiger partial charge in [-0.05, 0) is 38.1 Å². The number of aromatic nitrogens is 1. The van der Waals surface area contributed by atoms with E-state index in [1.54, 1.807) is 18.3 Å². The molecule has 1 aromatic heterocycles.